The second-order valence-corrected chi connectivity index (χ2v) is 8.56. The molecule has 3 aromatic rings. The maximum Gasteiger partial charge on any atom is 3.00 e. The molecule has 0 aromatic heterocycles. The van der Waals surface area contributed by atoms with E-state index in [1.807, 2.05) is 0 Å². The van der Waals surface area contributed by atoms with Crippen molar-refractivity contribution in [1.29, 1.82) is 0 Å². The summed E-state index contributed by atoms with van der Waals surface area (Å²) in [5.41, 5.74) is 13.5. The van der Waals surface area contributed by atoms with E-state index in [4.69, 9.17) is 5.32 Å². The van der Waals surface area contributed by atoms with Gasteiger partial charge in [0.15, 0.2) is 0 Å². The summed E-state index contributed by atoms with van der Waals surface area (Å²) in [6, 6.07) is 17.8. The van der Waals surface area contributed by atoms with Crippen LogP contribution in [0.3, 0.4) is 0 Å². The summed E-state index contributed by atoms with van der Waals surface area (Å²) in [6.07, 6.45) is 1.05. The maximum absolute atomic E-state index is 5.13. The standard InChI is InChI=1S/C28H30N.2ClH.Ti/c1-17-13-19(3)28(20(4)14-17)29-16-27-24-10-8-7-9-23(24)11-12-25(27)26-15-18(2)21(5)22(26)6;;;/h7-14H,15-16H2,1-6H3;2*1H;/q-1;;;+3/p-2. The zero-order valence-corrected chi connectivity index (χ0v) is 22.8. The molecule has 1 aliphatic rings. The molecule has 1 radical (unpaired) electrons. The molecule has 0 aliphatic heterocycles. The Morgan fingerprint density at radius 3 is 2.00 bits per heavy atom. The Balaban J connectivity index is 0.00000171. The van der Waals surface area contributed by atoms with Crippen molar-refractivity contribution in [1.82, 2.24) is 0 Å². The van der Waals surface area contributed by atoms with Gasteiger partial charge in [-0.2, -0.15) is 0 Å². The van der Waals surface area contributed by atoms with E-state index < -0.39 is 0 Å². The number of halogens is 2. The molecule has 4 rings (SSSR count). The largest absolute Gasteiger partial charge is 3.00 e. The molecular weight excluding hydrogens is 469 g/mol. The van der Waals surface area contributed by atoms with E-state index in [0.29, 0.717) is 6.54 Å². The number of hydrogen-bond acceptors (Lipinski definition) is 0. The molecular formula is C28H30Cl2NTi. The summed E-state index contributed by atoms with van der Waals surface area (Å²) < 4.78 is 0. The van der Waals surface area contributed by atoms with Gasteiger partial charge in [-0.25, -0.2) is 0 Å². The number of fused-ring (bicyclic) bond motifs is 1. The van der Waals surface area contributed by atoms with Crippen LogP contribution >= 0.6 is 0 Å². The van der Waals surface area contributed by atoms with Crippen LogP contribution < -0.4 is 24.8 Å². The maximum atomic E-state index is 5.13. The minimum atomic E-state index is 0. The normalized spacial score (nSPS) is 12.9. The Labute approximate surface area is 220 Å². The summed E-state index contributed by atoms with van der Waals surface area (Å²) in [5.74, 6) is 0. The first-order chi connectivity index (χ1) is 13.9. The van der Waals surface area contributed by atoms with Gasteiger partial charge in [-0.05, 0) is 81.0 Å². The van der Waals surface area contributed by atoms with Crippen molar-refractivity contribution in [2.75, 3.05) is 0 Å². The minimum absolute atomic E-state index is 0. The van der Waals surface area contributed by atoms with E-state index in [1.54, 1.807) is 0 Å². The van der Waals surface area contributed by atoms with Gasteiger partial charge in [0.25, 0.3) is 0 Å². The predicted molar refractivity (Wildman–Crippen MR) is 127 cm³/mol. The van der Waals surface area contributed by atoms with Gasteiger partial charge in [0.2, 0.25) is 0 Å². The van der Waals surface area contributed by atoms with E-state index in [1.165, 1.54) is 60.9 Å². The molecule has 4 heteroatoms. The SMILES string of the molecule is CC1=C(C)C(C)=C(c2ccc3ccccc3c2C[N-]c2c(C)cc(C)cc2C)C1.[Cl-].[Cl-].[Ti+3]. The third kappa shape index (κ3) is 5.34. The first-order valence-corrected chi connectivity index (χ1v) is 10.5. The molecule has 0 heterocycles. The van der Waals surface area contributed by atoms with E-state index in [9.17, 15) is 0 Å². The van der Waals surface area contributed by atoms with Gasteiger partial charge < -0.3 is 30.1 Å². The van der Waals surface area contributed by atoms with Crippen molar-refractivity contribution in [3.63, 3.8) is 0 Å². The van der Waals surface area contributed by atoms with Crippen LogP contribution in [-0.2, 0) is 28.3 Å². The van der Waals surface area contributed by atoms with Gasteiger partial charge in [0.05, 0.1) is 0 Å². The molecule has 0 bridgehead atoms. The minimum Gasteiger partial charge on any atom is -1.00 e. The smallest absolute Gasteiger partial charge is 1.00 e. The molecule has 1 aliphatic carbocycles. The zero-order valence-electron chi connectivity index (χ0n) is 19.7. The van der Waals surface area contributed by atoms with Gasteiger partial charge in [-0.3, -0.25) is 0 Å². The summed E-state index contributed by atoms with van der Waals surface area (Å²) in [7, 11) is 0. The van der Waals surface area contributed by atoms with Crippen molar-refractivity contribution >= 4 is 22.0 Å². The summed E-state index contributed by atoms with van der Waals surface area (Å²) >= 11 is 0. The van der Waals surface area contributed by atoms with Crippen LogP contribution in [0.5, 0.6) is 0 Å². The Bertz CT molecular complexity index is 1170. The van der Waals surface area contributed by atoms with Crippen LogP contribution in [0.25, 0.3) is 21.7 Å². The topological polar surface area (TPSA) is 14.1 Å². The summed E-state index contributed by atoms with van der Waals surface area (Å²) in [5, 5.41) is 7.73. The van der Waals surface area contributed by atoms with Crippen molar-refractivity contribution in [3.05, 3.63) is 98.4 Å². The monoisotopic (exact) mass is 498 g/mol. The van der Waals surface area contributed by atoms with Crippen LogP contribution in [0, 0.1) is 20.8 Å². The molecule has 1 nitrogen and oxygen atoms in total. The van der Waals surface area contributed by atoms with E-state index >= 15 is 0 Å². The number of aryl methyl sites for hydroxylation is 3. The van der Waals surface area contributed by atoms with E-state index in [0.717, 1.165) is 12.1 Å². The molecule has 0 saturated carbocycles. The van der Waals surface area contributed by atoms with E-state index in [-0.39, 0.29) is 46.5 Å². The molecule has 0 spiro atoms. The van der Waals surface area contributed by atoms with Crippen LogP contribution in [0.1, 0.15) is 55.0 Å². The molecule has 0 fully saturated rings. The second-order valence-electron chi connectivity index (χ2n) is 8.56. The third-order valence-corrected chi connectivity index (χ3v) is 6.49. The van der Waals surface area contributed by atoms with Gasteiger partial charge >= 0.3 is 21.7 Å². The van der Waals surface area contributed by atoms with Gasteiger partial charge in [-0.15, -0.1) is 12.2 Å². The molecule has 0 atom stereocenters. The fraction of sp³-hybridized carbons (Fsp3) is 0.286. The molecule has 0 amide bonds. The van der Waals surface area contributed by atoms with Crippen molar-refractivity contribution in [2.24, 2.45) is 0 Å². The Hall–Kier alpha value is -1.51. The average molecular weight is 499 g/mol. The second kappa shape index (κ2) is 11.6. The number of benzene rings is 3. The molecule has 0 unspecified atom stereocenters. The Morgan fingerprint density at radius 2 is 1.41 bits per heavy atom. The predicted octanol–water partition coefficient (Wildman–Crippen LogP) is 2.49. The average Bonchev–Trinajstić information content (AvgIpc) is 2.94. The molecule has 32 heavy (non-hydrogen) atoms. The van der Waals surface area contributed by atoms with Gasteiger partial charge in [0.1, 0.15) is 0 Å². The molecule has 165 valence electrons. The number of rotatable bonds is 4. The number of hydrogen-bond donors (Lipinski definition) is 0. The van der Waals surface area contributed by atoms with Gasteiger partial charge in [0, 0.05) is 0 Å². The van der Waals surface area contributed by atoms with Crippen molar-refractivity contribution < 1.29 is 46.5 Å². The Morgan fingerprint density at radius 1 is 0.781 bits per heavy atom. The van der Waals surface area contributed by atoms with Crippen LogP contribution in [0.15, 0.2) is 65.3 Å². The van der Waals surface area contributed by atoms with Crippen LogP contribution in [0.2, 0.25) is 0 Å². The fourth-order valence-corrected chi connectivity index (χ4v) is 4.74. The van der Waals surface area contributed by atoms with Crippen LogP contribution in [0.4, 0.5) is 5.69 Å². The first kappa shape index (κ1) is 28.5. The summed E-state index contributed by atoms with van der Waals surface area (Å²) in [4.78, 5) is 0. The van der Waals surface area contributed by atoms with E-state index in [2.05, 4.69) is 90.1 Å². The Kier molecular flexibility index (Phi) is 10.3. The molecule has 0 saturated heterocycles. The third-order valence-electron chi connectivity index (χ3n) is 6.49. The quantitative estimate of drug-likeness (QED) is 0.490. The fourth-order valence-electron chi connectivity index (χ4n) is 4.74. The first-order valence-electron chi connectivity index (χ1n) is 10.5. The van der Waals surface area contributed by atoms with Gasteiger partial charge in [-0.1, -0.05) is 76.4 Å². The van der Waals surface area contributed by atoms with Crippen molar-refractivity contribution in [3.8, 4) is 0 Å². The number of allylic oxidation sites excluding steroid dienone is 4. The zero-order chi connectivity index (χ0) is 20.7. The molecule has 0 N–H and O–H groups in total. The molecule has 3 aromatic carbocycles. The van der Waals surface area contributed by atoms with Crippen LogP contribution in [-0.4, -0.2) is 0 Å². The summed E-state index contributed by atoms with van der Waals surface area (Å²) in [6.45, 7) is 14.0. The number of nitrogens with zero attached hydrogens (tertiary/aromatic N) is 1. The van der Waals surface area contributed by atoms with Crippen molar-refractivity contribution in [2.45, 2.75) is 54.5 Å².